The Hall–Kier alpha value is -0.560. The first-order valence-corrected chi connectivity index (χ1v) is 4.07. The second-order valence-electron chi connectivity index (χ2n) is 3.58. The van der Waals surface area contributed by atoms with Gasteiger partial charge < -0.3 is 5.73 Å². The Morgan fingerprint density at radius 3 is 2.73 bits per heavy atom. The first-order chi connectivity index (χ1) is 5.17. The largest absolute Gasteiger partial charge is 0.330 e. The molecule has 0 amide bonds. The van der Waals surface area contributed by atoms with Crippen LogP contribution in [-0.4, -0.2) is 6.54 Å². The average molecular weight is 150 g/mol. The van der Waals surface area contributed by atoms with Gasteiger partial charge in [0.1, 0.15) is 0 Å². The lowest BCUT2D eigenvalue weighted by Gasteiger charge is -2.25. The van der Waals surface area contributed by atoms with Crippen molar-refractivity contribution in [1.82, 2.24) is 0 Å². The van der Waals surface area contributed by atoms with E-state index in [0.717, 1.165) is 6.42 Å². The fourth-order valence-electron chi connectivity index (χ4n) is 1.13. The highest BCUT2D eigenvalue weighted by molar-refractivity contribution is 5.31. The number of allylic oxidation sites excluding steroid dienone is 3. The maximum Gasteiger partial charge on any atom is 0.00158 e. The molecule has 0 saturated heterocycles. The molecule has 1 nitrogen and oxygen atoms in total. The van der Waals surface area contributed by atoms with Crippen LogP contribution >= 0.6 is 0 Å². The lowest BCUT2D eigenvalue weighted by molar-refractivity contribution is 0.469. The summed E-state index contributed by atoms with van der Waals surface area (Å²) in [5, 5.41) is 0. The summed E-state index contributed by atoms with van der Waals surface area (Å²) >= 11 is 0. The molecule has 0 aromatic rings. The molecule has 11 heavy (non-hydrogen) atoms. The van der Waals surface area contributed by atoms with E-state index < -0.39 is 0 Å². The van der Waals surface area contributed by atoms with E-state index in [0.29, 0.717) is 6.54 Å². The van der Waals surface area contributed by atoms with E-state index in [9.17, 15) is 0 Å². The Bertz CT molecular complexity index is 187. The zero-order valence-electron chi connectivity index (χ0n) is 7.30. The number of rotatable bonds is 2. The van der Waals surface area contributed by atoms with Gasteiger partial charge in [0.05, 0.1) is 0 Å². The zero-order valence-corrected chi connectivity index (χ0v) is 7.30. The lowest BCUT2D eigenvalue weighted by atomic mass is 9.82. The van der Waals surface area contributed by atoms with E-state index in [1.165, 1.54) is 5.57 Å². The van der Waals surface area contributed by atoms with Crippen LogP contribution in [0.15, 0.2) is 23.8 Å². The van der Waals surface area contributed by atoms with Crippen molar-refractivity contribution in [1.29, 1.82) is 0 Å². The summed E-state index contributed by atoms with van der Waals surface area (Å²) in [6.07, 6.45) is 9.70. The third-order valence-electron chi connectivity index (χ3n) is 2.18. The molecule has 1 rings (SSSR count). The number of nitrogens with two attached hydrogens (primary N) is 1. The van der Waals surface area contributed by atoms with Gasteiger partial charge in [-0.15, -0.1) is 0 Å². The minimum absolute atomic E-state index is 0.144. The van der Waals surface area contributed by atoms with E-state index in [1.807, 2.05) is 0 Å². The molecule has 1 heteroatoms. The van der Waals surface area contributed by atoms with Crippen LogP contribution in [0.3, 0.4) is 0 Å². The quantitative estimate of drug-likeness (QED) is 0.640. The highest BCUT2D eigenvalue weighted by Gasteiger charge is 2.19. The molecule has 0 atom stereocenters. The summed E-state index contributed by atoms with van der Waals surface area (Å²) in [6.45, 7) is 5.06. The topological polar surface area (TPSA) is 26.0 Å². The molecular formula is C10H16N. The van der Waals surface area contributed by atoms with Crippen LogP contribution in [0.1, 0.15) is 20.3 Å². The van der Waals surface area contributed by atoms with Gasteiger partial charge in [-0.1, -0.05) is 32.1 Å². The molecular weight excluding hydrogens is 134 g/mol. The second-order valence-corrected chi connectivity index (χ2v) is 3.58. The van der Waals surface area contributed by atoms with E-state index in [2.05, 4.69) is 38.5 Å². The molecule has 0 bridgehead atoms. The van der Waals surface area contributed by atoms with Gasteiger partial charge in [0.2, 0.25) is 0 Å². The van der Waals surface area contributed by atoms with Crippen molar-refractivity contribution in [2.75, 3.05) is 6.54 Å². The molecule has 1 aliphatic rings. The normalized spacial score (nSPS) is 18.3. The van der Waals surface area contributed by atoms with Gasteiger partial charge in [0.15, 0.2) is 0 Å². The monoisotopic (exact) mass is 150 g/mol. The molecule has 0 aromatic heterocycles. The molecule has 0 spiro atoms. The molecule has 0 aromatic carbocycles. The number of hydrogen-bond donors (Lipinski definition) is 1. The predicted octanol–water partition coefficient (Wildman–Crippen LogP) is 2.06. The summed E-state index contributed by atoms with van der Waals surface area (Å²) in [7, 11) is 0. The van der Waals surface area contributed by atoms with Crippen molar-refractivity contribution in [2.24, 2.45) is 11.1 Å². The first-order valence-electron chi connectivity index (χ1n) is 4.07. The van der Waals surface area contributed by atoms with Crippen LogP contribution in [0.5, 0.6) is 0 Å². The van der Waals surface area contributed by atoms with E-state index >= 15 is 0 Å². The van der Waals surface area contributed by atoms with Crippen LogP contribution in [0.25, 0.3) is 0 Å². The van der Waals surface area contributed by atoms with Gasteiger partial charge in [-0.3, -0.25) is 0 Å². The van der Waals surface area contributed by atoms with Crippen molar-refractivity contribution in [3.05, 3.63) is 30.2 Å². The van der Waals surface area contributed by atoms with E-state index in [4.69, 9.17) is 5.73 Å². The van der Waals surface area contributed by atoms with Gasteiger partial charge in [-0.25, -0.2) is 0 Å². The van der Waals surface area contributed by atoms with Crippen molar-refractivity contribution in [3.63, 3.8) is 0 Å². The van der Waals surface area contributed by atoms with Crippen LogP contribution < -0.4 is 5.73 Å². The fourth-order valence-corrected chi connectivity index (χ4v) is 1.13. The molecule has 1 radical (unpaired) electrons. The third-order valence-corrected chi connectivity index (χ3v) is 2.18. The molecule has 1 aliphatic carbocycles. The molecule has 0 saturated carbocycles. The molecule has 0 fully saturated rings. The zero-order chi connectivity index (χ0) is 8.32. The smallest absolute Gasteiger partial charge is 0.00158 e. The molecule has 0 unspecified atom stereocenters. The van der Waals surface area contributed by atoms with Crippen LogP contribution in [0.2, 0.25) is 0 Å². The second kappa shape index (κ2) is 3.22. The standard InChI is InChI=1S/C10H16N/c1-10(2,8-11)9-6-4-3-5-7-9/h3-4,6-7H,5,8,11H2,1-2H3. The molecule has 61 valence electrons. The summed E-state index contributed by atoms with van der Waals surface area (Å²) in [4.78, 5) is 0. The summed E-state index contributed by atoms with van der Waals surface area (Å²) in [5.74, 6) is 0. The highest BCUT2D eigenvalue weighted by Crippen LogP contribution is 2.28. The fraction of sp³-hybridized carbons (Fsp3) is 0.500. The van der Waals surface area contributed by atoms with Gasteiger partial charge in [-0.2, -0.15) is 0 Å². The van der Waals surface area contributed by atoms with Crippen molar-refractivity contribution < 1.29 is 0 Å². The van der Waals surface area contributed by atoms with Gasteiger partial charge >= 0.3 is 0 Å². The lowest BCUT2D eigenvalue weighted by Crippen LogP contribution is -2.25. The van der Waals surface area contributed by atoms with Gasteiger partial charge in [0.25, 0.3) is 0 Å². The van der Waals surface area contributed by atoms with E-state index in [1.54, 1.807) is 0 Å². The van der Waals surface area contributed by atoms with Crippen LogP contribution in [-0.2, 0) is 0 Å². The Morgan fingerprint density at radius 1 is 1.55 bits per heavy atom. The Morgan fingerprint density at radius 2 is 2.27 bits per heavy atom. The molecule has 0 heterocycles. The van der Waals surface area contributed by atoms with Gasteiger partial charge in [-0.05, 0) is 18.4 Å². The summed E-state index contributed by atoms with van der Waals surface area (Å²) in [6, 6.07) is 0. The van der Waals surface area contributed by atoms with Crippen molar-refractivity contribution >= 4 is 0 Å². The van der Waals surface area contributed by atoms with Crippen molar-refractivity contribution in [3.8, 4) is 0 Å². The van der Waals surface area contributed by atoms with Gasteiger partial charge in [0, 0.05) is 12.0 Å². The van der Waals surface area contributed by atoms with Crippen molar-refractivity contribution in [2.45, 2.75) is 20.3 Å². The Labute approximate surface area is 69.0 Å². The highest BCUT2D eigenvalue weighted by atomic mass is 14.6. The number of hydrogen-bond acceptors (Lipinski definition) is 1. The Kier molecular flexibility index (Phi) is 2.50. The maximum absolute atomic E-state index is 5.65. The summed E-state index contributed by atoms with van der Waals surface area (Å²) in [5.41, 5.74) is 7.16. The Balaban J connectivity index is 2.73. The predicted molar refractivity (Wildman–Crippen MR) is 49.0 cm³/mol. The van der Waals surface area contributed by atoms with Crippen LogP contribution in [0.4, 0.5) is 0 Å². The maximum atomic E-state index is 5.65. The first kappa shape index (κ1) is 8.54. The minimum Gasteiger partial charge on any atom is -0.330 e. The average Bonchev–Trinajstić information content (AvgIpc) is 2.06. The molecule has 2 N–H and O–H groups in total. The van der Waals surface area contributed by atoms with E-state index in [-0.39, 0.29) is 5.41 Å². The minimum atomic E-state index is 0.144. The van der Waals surface area contributed by atoms with Crippen LogP contribution in [0, 0.1) is 11.8 Å². The summed E-state index contributed by atoms with van der Waals surface area (Å²) < 4.78 is 0. The SMILES string of the molecule is CC(C)(CN)C1=CC[CH]C=C1. The third kappa shape index (κ3) is 1.93. The molecule has 0 aliphatic heterocycles.